The molecular weight excluding hydrogens is 386 g/mol. The fraction of sp³-hybridized carbons (Fsp3) is 0.591. The maximum Gasteiger partial charge on any atom is 0.277 e. The number of ether oxygens (including phenoxy) is 1. The minimum absolute atomic E-state index is 0.118. The number of thioether (sulfide) groups is 1. The third kappa shape index (κ3) is 8.90. The van der Waals surface area contributed by atoms with Crippen LogP contribution in [0.15, 0.2) is 33.9 Å². The normalized spacial score (nSPS) is 11.3. The van der Waals surface area contributed by atoms with Crippen molar-refractivity contribution in [3.63, 3.8) is 0 Å². The lowest BCUT2D eigenvalue weighted by molar-refractivity contribution is -0.128. The first-order valence-electron chi connectivity index (χ1n) is 10.3. The number of carbonyl (C=O) groups excluding carboxylic acids is 1. The van der Waals surface area contributed by atoms with Gasteiger partial charge >= 0.3 is 0 Å². The van der Waals surface area contributed by atoms with Gasteiger partial charge in [0.05, 0.1) is 5.75 Å². The van der Waals surface area contributed by atoms with Gasteiger partial charge in [-0.05, 0) is 43.7 Å². The van der Waals surface area contributed by atoms with Gasteiger partial charge in [-0.1, -0.05) is 57.2 Å². The Balaban J connectivity index is 1.82. The van der Waals surface area contributed by atoms with Crippen LogP contribution in [-0.4, -0.2) is 39.8 Å². The van der Waals surface area contributed by atoms with E-state index in [1.807, 2.05) is 36.1 Å². The molecule has 1 aromatic carbocycles. The second kappa shape index (κ2) is 11.9. The molecule has 1 heterocycles. The number of hydrogen-bond acceptors (Lipinski definition) is 6. The third-order valence-corrected chi connectivity index (χ3v) is 5.26. The van der Waals surface area contributed by atoms with Crippen molar-refractivity contribution in [2.24, 2.45) is 11.8 Å². The fourth-order valence-corrected chi connectivity index (χ4v) is 3.22. The van der Waals surface area contributed by atoms with E-state index in [-0.39, 0.29) is 12.5 Å². The molecule has 0 aliphatic carbocycles. The molecule has 7 heteroatoms. The quantitative estimate of drug-likeness (QED) is 0.453. The molecule has 0 unspecified atom stereocenters. The predicted octanol–water partition coefficient (Wildman–Crippen LogP) is 4.97. The summed E-state index contributed by atoms with van der Waals surface area (Å²) < 4.78 is 11.3. The van der Waals surface area contributed by atoms with Crippen LogP contribution in [0.2, 0.25) is 0 Å². The lowest BCUT2D eigenvalue weighted by Gasteiger charge is -2.24. The number of aryl methyl sites for hydroxylation is 1. The second-order valence-electron chi connectivity index (χ2n) is 8.10. The Kier molecular flexibility index (Phi) is 9.51. The van der Waals surface area contributed by atoms with Crippen molar-refractivity contribution in [2.75, 3.05) is 18.8 Å². The standard InChI is InChI=1S/C22H33N3O3S/c1-16(2)10-12-25(13-11-17(3)4)21(26)15-29-22-24-23-20(28-22)14-27-19-8-6-18(5)7-9-19/h6-9,16-17H,10-15H2,1-5H3. The summed E-state index contributed by atoms with van der Waals surface area (Å²) in [5.41, 5.74) is 1.18. The number of amides is 1. The summed E-state index contributed by atoms with van der Waals surface area (Å²) in [5.74, 6) is 2.72. The zero-order chi connectivity index (χ0) is 21.2. The lowest BCUT2D eigenvalue weighted by Crippen LogP contribution is -2.35. The Morgan fingerprint density at radius 3 is 2.28 bits per heavy atom. The predicted molar refractivity (Wildman–Crippen MR) is 116 cm³/mol. The molecule has 0 radical (unpaired) electrons. The first-order valence-corrected chi connectivity index (χ1v) is 11.2. The van der Waals surface area contributed by atoms with E-state index >= 15 is 0 Å². The van der Waals surface area contributed by atoms with E-state index in [0.717, 1.165) is 31.7 Å². The molecule has 0 saturated carbocycles. The van der Waals surface area contributed by atoms with Gasteiger partial charge in [-0.15, -0.1) is 10.2 Å². The molecule has 160 valence electrons. The van der Waals surface area contributed by atoms with Crippen molar-refractivity contribution >= 4 is 17.7 Å². The zero-order valence-electron chi connectivity index (χ0n) is 18.2. The molecule has 2 aromatic rings. The monoisotopic (exact) mass is 419 g/mol. The minimum atomic E-state index is 0.118. The second-order valence-corrected chi connectivity index (χ2v) is 9.02. The number of carbonyl (C=O) groups is 1. The summed E-state index contributed by atoms with van der Waals surface area (Å²) in [6, 6.07) is 7.78. The number of hydrogen-bond donors (Lipinski definition) is 0. The molecule has 0 N–H and O–H groups in total. The molecule has 1 amide bonds. The van der Waals surface area contributed by atoms with Crippen LogP contribution in [0.5, 0.6) is 5.75 Å². The molecule has 0 fully saturated rings. The van der Waals surface area contributed by atoms with Crippen LogP contribution in [0, 0.1) is 18.8 Å². The average Bonchev–Trinajstić information content (AvgIpc) is 3.13. The summed E-state index contributed by atoms with van der Waals surface area (Å²) in [6.07, 6.45) is 2.02. The third-order valence-electron chi connectivity index (χ3n) is 4.46. The molecule has 0 saturated heterocycles. The zero-order valence-corrected chi connectivity index (χ0v) is 19.0. The summed E-state index contributed by atoms with van der Waals surface area (Å²) in [7, 11) is 0. The van der Waals surface area contributed by atoms with Gasteiger partial charge < -0.3 is 14.1 Å². The average molecular weight is 420 g/mol. The summed E-state index contributed by atoms with van der Waals surface area (Å²) in [5, 5.41) is 8.42. The Labute approximate surface area is 178 Å². The van der Waals surface area contributed by atoms with Crippen LogP contribution in [0.4, 0.5) is 0 Å². The first kappa shape index (κ1) is 23.3. The van der Waals surface area contributed by atoms with Gasteiger partial charge in [0.25, 0.3) is 11.1 Å². The van der Waals surface area contributed by atoms with E-state index in [4.69, 9.17) is 9.15 Å². The van der Waals surface area contributed by atoms with Crippen LogP contribution in [-0.2, 0) is 11.4 Å². The van der Waals surface area contributed by atoms with Gasteiger partial charge in [0.2, 0.25) is 5.91 Å². The van der Waals surface area contributed by atoms with E-state index in [2.05, 4.69) is 37.9 Å². The highest BCUT2D eigenvalue weighted by Crippen LogP contribution is 2.19. The Bertz CT molecular complexity index is 732. The number of rotatable bonds is 12. The summed E-state index contributed by atoms with van der Waals surface area (Å²) in [4.78, 5) is 14.6. The van der Waals surface area contributed by atoms with Gasteiger partial charge in [-0.3, -0.25) is 4.79 Å². The van der Waals surface area contributed by atoms with Crippen molar-refractivity contribution in [2.45, 2.75) is 59.3 Å². The molecular formula is C22H33N3O3S. The highest BCUT2D eigenvalue weighted by atomic mass is 32.2. The van der Waals surface area contributed by atoms with E-state index < -0.39 is 0 Å². The Morgan fingerprint density at radius 2 is 1.69 bits per heavy atom. The Morgan fingerprint density at radius 1 is 1.07 bits per heavy atom. The molecule has 29 heavy (non-hydrogen) atoms. The molecule has 0 aliphatic rings. The largest absolute Gasteiger partial charge is 0.484 e. The van der Waals surface area contributed by atoms with Gasteiger partial charge in [-0.2, -0.15) is 0 Å². The highest BCUT2D eigenvalue weighted by molar-refractivity contribution is 7.99. The molecule has 0 aliphatic heterocycles. The maximum atomic E-state index is 12.7. The van der Waals surface area contributed by atoms with E-state index in [0.29, 0.717) is 28.7 Å². The number of aromatic nitrogens is 2. The highest BCUT2D eigenvalue weighted by Gasteiger charge is 2.17. The molecule has 2 rings (SSSR count). The molecule has 0 atom stereocenters. The van der Waals surface area contributed by atoms with Crippen molar-refractivity contribution in [3.8, 4) is 5.75 Å². The SMILES string of the molecule is Cc1ccc(OCc2nnc(SCC(=O)N(CCC(C)C)CCC(C)C)o2)cc1. The van der Waals surface area contributed by atoms with Crippen molar-refractivity contribution in [3.05, 3.63) is 35.7 Å². The van der Waals surface area contributed by atoms with Crippen molar-refractivity contribution < 1.29 is 13.9 Å². The molecule has 0 spiro atoms. The smallest absolute Gasteiger partial charge is 0.277 e. The molecule has 0 bridgehead atoms. The molecule has 1 aromatic heterocycles. The minimum Gasteiger partial charge on any atom is -0.484 e. The fourth-order valence-electron chi connectivity index (χ4n) is 2.54. The van der Waals surface area contributed by atoms with Crippen molar-refractivity contribution in [1.29, 1.82) is 0 Å². The van der Waals surface area contributed by atoms with E-state index in [1.54, 1.807) is 0 Å². The van der Waals surface area contributed by atoms with Gasteiger partial charge in [0.15, 0.2) is 6.61 Å². The lowest BCUT2D eigenvalue weighted by atomic mass is 10.1. The summed E-state index contributed by atoms with van der Waals surface area (Å²) in [6.45, 7) is 12.5. The maximum absolute atomic E-state index is 12.7. The van der Waals surface area contributed by atoms with Crippen LogP contribution < -0.4 is 4.74 Å². The van der Waals surface area contributed by atoms with Crippen LogP contribution in [0.3, 0.4) is 0 Å². The van der Waals surface area contributed by atoms with Crippen LogP contribution in [0.1, 0.15) is 52.0 Å². The van der Waals surface area contributed by atoms with Gasteiger partial charge in [0.1, 0.15) is 5.75 Å². The van der Waals surface area contributed by atoms with Crippen LogP contribution in [0.25, 0.3) is 0 Å². The number of nitrogens with zero attached hydrogens (tertiary/aromatic N) is 3. The summed E-state index contributed by atoms with van der Waals surface area (Å²) >= 11 is 1.28. The van der Waals surface area contributed by atoms with E-state index in [9.17, 15) is 4.79 Å². The van der Waals surface area contributed by atoms with Crippen LogP contribution >= 0.6 is 11.8 Å². The number of benzene rings is 1. The van der Waals surface area contributed by atoms with Gasteiger partial charge in [0, 0.05) is 13.1 Å². The Hall–Kier alpha value is -2.02. The molecule has 6 nitrogen and oxygen atoms in total. The first-order chi connectivity index (χ1) is 13.8. The van der Waals surface area contributed by atoms with Gasteiger partial charge in [-0.25, -0.2) is 0 Å². The van der Waals surface area contributed by atoms with E-state index in [1.165, 1.54) is 17.3 Å². The topological polar surface area (TPSA) is 68.5 Å². The van der Waals surface area contributed by atoms with Crippen molar-refractivity contribution in [1.82, 2.24) is 15.1 Å².